The number of hydrogen-bond acceptors (Lipinski definition) is 4. The van der Waals surface area contributed by atoms with Gasteiger partial charge >= 0.3 is 6.61 Å². The van der Waals surface area contributed by atoms with Crippen molar-refractivity contribution in [2.45, 2.75) is 6.61 Å². The number of amides is 1. The van der Waals surface area contributed by atoms with Crippen LogP contribution in [0.1, 0.15) is 10.5 Å². The molecule has 1 amide bonds. The summed E-state index contributed by atoms with van der Waals surface area (Å²) in [5.74, 6) is -0.737. The topological polar surface area (TPSA) is 77.2 Å². The number of alkyl halides is 2. The number of carbonyl (C=O) groups excluding carboxylic acids is 1. The molecule has 2 aromatic rings. The summed E-state index contributed by atoms with van der Waals surface area (Å²) in [6.07, 6.45) is 1.41. The van der Waals surface area contributed by atoms with Crippen LogP contribution in [0.4, 0.5) is 20.2 Å². The zero-order valence-corrected chi connectivity index (χ0v) is 10.2. The van der Waals surface area contributed by atoms with Crippen molar-refractivity contribution < 1.29 is 18.3 Å². The van der Waals surface area contributed by atoms with Crippen molar-refractivity contribution in [1.29, 1.82) is 0 Å². The van der Waals surface area contributed by atoms with Crippen molar-refractivity contribution >= 4 is 17.3 Å². The van der Waals surface area contributed by atoms with E-state index in [0.29, 0.717) is 0 Å². The second-order valence-electron chi connectivity index (χ2n) is 3.77. The van der Waals surface area contributed by atoms with Crippen LogP contribution in [0.15, 0.2) is 42.6 Å². The number of halogens is 2. The summed E-state index contributed by atoms with van der Waals surface area (Å²) in [5.41, 5.74) is 5.94. The third-order valence-electron chi connectivity index (χ3n) is 2.41. The second-order valence-corrected chi connectivity index (χ2v) is 3.77. The van der Waals surface area contributed by atoms with E-state index in [2.05, 4.69) is 15.0 Å². The normalized spacial score (nSPS) is 10.3. The van der Waals surface area contributed by atoms with Gasteiger partial charge in [-0.25, -0.2) is 4.98 Å². The quantitative estimate of drug-likeness (QED) is 0.901. The molecule has 7 heteroatoms. The first-order valence-corrected chi connectivity index (χ1v) is 5.63. The molecule has 3 N–H and O–H groups in total. The third-order valence-corrected chi connectivity index (χ3v) is 2.41. The highest BCUT2D eigenvalue weighted by atomic mass is 19.3. The second kappa shape index (κ2) is 5.96. The summed E-state index contributed by atoms with van der Waals surface area (Å²) in [6, 6.07) is 8.96. The van der Waals surface area contributed by atoms with E-state index in [0.717, 1.165) is 0 Å². The highest BCUT2D eigenvalue weighted by molar-refractivity contribution is 6.06. The van der Waals surface area contributed by atoms with Crippen molar-refractivity contribution in [3.8, 4) is 5.75 Å². The Hall–Kier alpha value is -2.70. The van der Waals surface area contributed by atoms with Gasteiger partial charge < -0.3 is 15.8 Å². The highest BCUT2D eigenvalue weighted by Gasteiger charge is 2.15. The van der Waals surface area contributed by atoms with E-state index in [1.165, 1.54) is 30.5 Å². The fraction of sp³-hybridized carbons (Fsp3) is 0.0769. The minimum Gasteiger partial charge on any atom is -0.433 e. The molecule has 0 aliphatic carbocycles. The maximum atomic E-state index is 12.3. The Bertz CT molecular complexity index is 620. The van der Waals surface area contributed by atoms with Gasteiger partial charge in [-0.1, -0.05) is 12.1 Å². The molecule has 5 nitrogen and oxygen atoms in total. The van der Waals surface area contributed by atoms with Crippen LogP contribution in [-0.4, -0.2) is 17.5 Å². The number of nitrogens with one attached hydrogen (secondary N) is 1. The Labute approximate surface area is 113 Å². The van der Waals surface area contributed by atoms with Gasteiger partial charge in [0.05, 0.1) is 11.4 Å². The molecule has 0 atom stereocenters. The van der Waals surface area contributed by atoms with E-state index in [1.807, 2.05) is 0 Å². The minimum absolute atomic E-state index is 0.0133. The average Bonchev–Trinajstić information content (AvgIpc) is 2.41. The third kappa shape index (κ3) is 3.19. The number of ether oxygens (including phenoxy) is 1. The van der Waals surface area contributed by atoms with Crippen LogP contribution in [0.5, 0.6) is 5.75 Å². The number of nitrogens with two attached hydrogens (primary N) is 1. The van der Waals surface area contributed by atoms with Gasteiger partial charge in [-0.05, 0) is 24.3 Å². The predicted molar refractivity (Wildman–Crippen MR) is 69.7 cm³/mol. The first kappa shape index (κ1) is 13.7. The summed E-state index contributed by atoms with van der Waals surface area (Å²) < 4.78 is 28.8. The highest BCUT2D eigenvalue weighted by Crippen LogP contribution is 2.26. The van der Waals surface area contributed by atoms with E-state index >= 15 is 0 Å². The van der Waals surface area contributed by atoms with Crippen LogP contribution >= 0.6 is 0 Å². The minimum atomic E-state index is -2.98. The molecule has 104 valence electrons. The number of benzene rings is 1. The molecule has 0 radical (unpaired) electrons. The number of rotatable bonds is 4. The lowest BCUT2D eigenvalue weighted by Crippen LogP contribution is -2.16. The molecule has 0 saturated carbocycles. The van der Waals surface area contributed by atoms with E-state index in [-0.39, 0.29) is 22.8 Å². The van der Waals surface area contributed by atoms with Crippen LogP contribution in [-0.2, 0) is 0 Å². The van der Waals surface area contributed by atoms with Gasteiger partial charge in [0, 0.05) is 6.20 Å². The number of aromatic nitrogens is 1. The number of nitrogens with zero attached hydrogens (tertiary/aromatic N) is 1. The number of pyridine rings is 1. The van der Waals surface area contributed by atoms with E-state index in [1.54, 1.807) is 12.1 Å². The zero-order valence-electron chi connectivity index (χ0n) is 10.2. The van der Waals surface area contributed by atoms with Gasteiger partial charge in [0.15, 0.2) is 5.69 Å². The summed E-state index contributed by atoms with van der Waals surface area (Å²) in [5, 5.41) is 2.43. The molecule has 20 heavy (non-hydrogen) atoms. The molecule has 0 saturated heterocycles. The van der Waals surface area contributed by atoms with E-state index < -0.39 is 12.5 Å². The predicted octanol–water partition coefficient (Wildman–Crippen LogP) is 2.52. The lowest BCUT2D eigenvalue weighted by molar-refractivity contribution is -0.0493. The van der Waals surface area contributed by atoms with Crippen LogP contribution in [0.2, 0.25) is 0 Å². The van der Waals surface area contributed by atoms with Crippen molar-refractivity contribution in [3.05, 3.63) is 48.3 Å². The molecule has 1 aromatic carbocycles. The van der Waals surface area contributed by atoms with E-state index in [4.69, 9.17) is 5.73 Å². The average molecular weight is 279 g/mol. The van der Waals surface area contributed by atoms with Crippen LogP contribution in [0, 0.1) is 0 Å². The Balaban J connectivity index is 2.22. The summed E-state index contributed by atoms with van der Waals surface area (Å²) in [7, 11) is 0. The first-order valence-electron chi connectivity index (χ1n) is 5.63. The summed E-state index contributed by atoms with van der Waals surface area (Å²) in [6.45, 7) is -2.98. The molecule has 0 aliphatic rings. The fourth-order valence-electron chi connectivity index (χ4n) is 1.56. The monoisotopic (exact) mass is 279 g/mol. The molecule has 0 aliphatic heterocycles. The molecule has 1 aromatic heterocycles. The van der Waals surface area contributed by atoms with Crippen molar-refractivity contribution in [2.24, 2.45) is 0 Å². The Morgan fingerprint density at radius 2 is 2.00 bits per heavy atom. The van der Waals surface area contributed by atoms with Crippen molar-refractivity contribution in [1.82, 2.24) is 4.98 Å². The molecule has 0 fully saturated rings. The van der Waals surface area contributed by atoms with Gasteiger partial charge in [0.25, 0.3) is 5.91 Å². The maximum absolute atomic E-state index is 12.3. The van der Waals surface area contributed by atoms with Crippen molar-refractivity contribution in [2.75, 3.05) is 11.1 Å². The lowest BCUT2D eigenvalue weighted by atomic mass is 10.2. The van der Waals surface area contributed by atoms with Gasteiger partial charge in [-0.2, -0.15) is 8.78 Å². The smallest absolute Gasteiger partial charge is 0.387 e. The number of nitrogen functional groups attached to an aromatic ring is 1. The summed E-state index contributed by atoms with van der Waals surface area (Å²) >= 11 is 0. The Kier molecular flexibility index (Phi) is 4.09. The largest absolute Gasteiger partial charge is 0.433 e. The zero-order chi connectivity index (χ0) is 14.5. The number of carbonyl (C=O) groups is 1. The fourth-order valence-corrected chi connectivity index (χ4v) is 1.56. The Morgan fingerprint density at radius 3 is 2.70 bits per heavy atom. The molecule has 2 rings (SSSR count). The van der Waals surface area contributed by atoms with Gasteiger partial charge in [0.1, 0.15) is 5.75 Å². The molecular weight excluding hydrogens is 268 g/mol. The van der Waals surface area contributed by atoms with E-state index in [9.17, 15) is 13.6 Å². The Morgan fingerprint density at radius 1 is 1.25 bits per heavy atom. The SMILES string of the molecule is Nc1cccnc1C(=O)Nc1ccccc1OC(F)F. The first-order chi connectivity index (χ1) is 9.58. The van der Waals surface area contributed by atoms with Crippen LogP contribution in [0.25, 0.3) is 0 Å². The van der Waals surface area contributed by atoms with Gasteiger partial charge in [-0.3, -0.25) is 4.79 Å². The molecule has 0 bridgehead atoms. The van der Waals surface area contributed by atoms with Crippen LogP contribution < -0.4 is 15.8 Å². The number of hydrogen-bond donors (Lipinski definition) is 2. The standard InChI is InChI=1S/C13H11F2N3O2/c14-13(15)20-10-6-2-1-5-9(10)18-12(19)11-8(16)4-3-7-17-11/h1-7,13H,16H2,(H,18,19). The molecule has 0 unspecified atom stereocenters. The number of anilines is 2. The summed E-state index contributed by atoms with van der Waals surface area (Å²) in [4.78, 5) is 15.8. The molecular formula is C13H11F2N3O2. The van der Waals surface area contributed by atoms with Gasteiger partial charge in [0.2, 0.25) is 0 Å². The lowest BCUT2D eigenvalue weighted by Gasteiger charge is -2.11. The van der Waals surface area contributed by atoms with Gasteiger partial charge in [-0.15, -0.1) is 0 Å². The maximum Gasteiger partial charge on any atom is 0.387 e. The van der Waals surface area contributed by atoms with Crippen LogP contribution in [0.3, 0.4) is 0 Å². The number of para-hydroxylation sites is 2. The molecule has 0 spiro atoms. The van der Waals surface area contributed by atoms with Crippen molar-refractivity contribution in [3.63, 3.8) is 0 Å². The molecule has 1 heterocycles.